The van der Waals surface area contributed by atoms with Crippen molar-refractivity contribution in [1.29, 1.82) is 0 Å². The molecule has 0 fully saturated rings. The molecule has 8 nitrogen and oxygen atoms in total. The van der Waals surface area contributed by atoms with Gasteiger partial charge in [-0.3, -0.25) is 0 Å². The number of rotatable bonds is 9. The van der Waals surface area contributed by atoms with E-state index in [0.29, 0.717) is 28.9 Å². The molecule has 0 aliphatic carbocycles. The van der Waals surface area contributed by atoms with Crippen LogP contribution in [-0.4, -0.2) is 48.3 Å². The van der Waals surface area contributed by atoms with Crippen LogP contribution >= 0.6 is 23.2 Å². The van der Waals surface area contributed by atoms with Crippen molar-refractivity contribution < 1.29 is 19.0 Å². The lowest BCUT2D eigenvalue weighted by Crippen LogP contribution is -2.27. The van der Waals surface area contributed by atoms with Crippen molar-refractivity contribution in [3.63, 3.8) is 0 Å². The molecule has 0 saturated heterocycles. The topological polar surface area (TPSA) is 94.6 Å². The van der Waals surface area contributed by atoms with E-state index in [1.165, 1.54) is 0 Å². The van der Waals surface area contributed by atoms with E-state index in [9.17, 15) is 4.79 Å². The minimum Gasteiger partial charge on any atom is -0.497 e. The Morgan fingerprint density at radius 2 is 1.20 bits per heavy atom. The number of ether oxygens (including phenoxy) is 3. The molecule has 10 heteroatoms. The van der Waals surface area contributed by atoms with Crippen LogP contribution in [0.15, 0.2) is 72.8 Å². The fourth-order valence-electron chi connectivity index (χ4n) is 5.28. The van der Waals surface area contributed by atoms with Crippen molar-refractivity contribution in [2.75, 3.05) is 37.4 Å². The van der Waals surface area contributed by atoms with Crippen molar-refractivity contribution in [2.24, 2.45) is 0 Å². The number of benzene rings is 4. The van der Waals surface area contributed by atoms with Crippen LogP contribution in [0.1, 0.15) is 20.8 Å². The monoisotopic (exact) mass is 642 g/mol. The van der Waals surface area contributed by atoms with Crippen LogP contribution in [0.25, 0.3) is 43.6 Å². The van der Waals surface area contributed by atoms with Gasteiger partial charge in [0.15, 0.2) is 6.61 Å². The summed E-state index contributed by atoms with van der Waals surface area (Å²) < 4.78 is 16.7. The fraction of sp³-hybridized carbons (Fsp3) is 0.229. The zero-order valence-corrected chi connectivity index (χ0v) is 26.8. The van der Waals surface area contributed by atoms with Crippen molar-refractivity contribution in [3.05, 3.63) is 82.8 Å². The summed E-state index contributed by atoms with van der Waals surface area (Å²) in [6.45, 7) is 6.43. The van der Waals surface area contributed by atoms with Gasteiger partial charge in [0.1, 0.15) is 17.1 Å². The van der Waals surface area contributed by atoms with E-state index in [0.717, 1.165) is 60.7 Å². The molecule has 0 amide bonds. The van der Waals surface area contributed by atoms with Crippen LogP contribution in [0.4, 0.5) is 11.4 Å². The van der Waals surface area contributed by atoms with Gasteiger partial charge in [-0.2, -0.15) is 0 Å². The van der Waals surface area contributed by atoms with E-state index in [2.05, 4.69) is 10.6 Å². The molecule has 0 atom stereocenters. The number of hydrogen-bond acceptors (Lipinski definition) is 8. The minimum absolute atomic E-state index is 0.198. The molecule has 2 aromatic heterocycles. The molecular formula is C35H32Cl2N4O4. The highest BCUT2D eigenvalue weighted by Gasteiger charge is 2.17. The minimum atomic E-state index is -0.590. The largest absolute Gasteiger partial charge is 0.497 e. The second-order valence-corrected chi connectivity index (χ2v) is 12.5. The number of anilines is 2. The van der Waals surface area contributed by atoms with Crippen molar-refractivity contribution in [2.45, 2.75) is 26.4 Å². The van der Waals surface area contributed by atoms with E-state index < -0.39 is 11.6 Å². The van der Waals surface area contributed by atoms with Crippen LogP contribution in [0.2, 0.25) is 10.0 Å². The number of pyridine rings is 2. The summed E-state index contributed by atoms with van der Waals surface area (Å²) in [6, 6.07) is 22.7. The van der Waals surface area contributed by atoms with Crippen LogP contribution < -0.4 is 20.1 Å². The number of fused-ring (bicyclic) bond motifs is 4. The van der Waals surface area contributed by atoms with Crippen molar-refractivity contribution in [1.82, 2.24) is 9.97 Å². The molecule has 2 heterocycles. The van der Waals surface area contributed by atoms with Gasteiger partial charge in [0.05, 0.1) is 40.6 Å². The van der Waals surface area contributed by atoms with Gasteiger partial charge >= 0.3 is 5.97 Å². The molecule has 0 unspecified atom stereocenters. The molecule has 0 aliphatic rings. The maximum absolute atomic E-state index is 12.3. The maximum atomic E-state index is 12.3. The Balaban J connectivity index is 1.30. The summed E-state index contributed by atoms with van der Waals surface area (Å²) in [5, 5.41) is 12.1. The number of aromatic nitrogens is 2. The van der Waals surface area contributed by atoms with Gasteiger partial charge in [0.2, 0.25) is 0 Å². The first-order valence-corrected chi connectivity index (χ1v) is 15.3. The van der Waals surface area contributed by atoms with Gasteiger partial charge in [-0.15, -0.1) is 0 Å². The summed E-state index contributed by atoms with van der Waals surface area (Å²) in [7, 11) is 1.65. The van der Waals surface area contributed by atoms with Crippen LogP contribution in [0.5, 0.6) is 11.5 Å². The van der Waals surface area contributed by atoms with Gasteiger partial charge in [0, 0.05) is 44.7 Å². The van der Waals surface area contributed by atoms with Gasteiger partial charge in [-0.25, -0.2) is 14.8 Å². The average molecular weight is 644 g/mol. The molecular weight excluding hydrogens is 611 g/mol. The Bertz CT molecular complexity index is 2080. The number of carbonyl (C=O) groups is 1. The molecule has 2 N–H and O–H groups in total. The quantitative estimate of drug-likeness (QED) is 0.0919. The number of methoxy groups -OCH3 is 1. The predicted molar refractivity (Wildman–Crippen MR) is 183 cm³/mol. The highest BCUT2D eigenvalue weighted by Crippen LogP contribution is 2.36. The number of esters is 1. The standard InChI is InChI=1S/C35H32Cl2N4O4/c1-35(2,3)45-32(42)19-44-23-8-12-29-27(18-23)34(25-10-6-21(37)16-31(25)41-29)39-14-13-38-33-24-9-5-20(36)15-30(24)40-28-11-7-22(43-4)17-26(28)33/h5-12,15-18H,13-14,19H2,1-4H3,(H,38,40)(H,39,41). The zero-order valence-electron chi connectivity index (χ0n) is 25.3. The lowest BCUT2D eigenvalue weighted by atomic mass is 10.1. The number of hydrogen-bond donors (Lipinski definition) is 2. The highest BCUT2D eigenvalue weighted by atomic mass is 35.5. The van der Waals surface area contributed by atoms with Crippen LogP contribution in [0, 0.1) is 0 Å². The Morgan fingerprint density at radius 1 is 0.689 bits per heavy atom. The van der Waals surface area contributed by atoms with E-state index >= 15 is 0 Å². The zero-order chi connectivity index (χ0) is 31.7. The van der Waals surface area contributed by atoms with Gasteiger partial charge < -0.3 is 24.8 Å². The number of halogens is 2. The number of carbonyl (C=O) groups excluding carboxylic acids is 1. The first-order chi connectivity index (χ1) is 21.6. The normalized spacial score (nSPS) is 11.7. The smallest absolute Gasteiger partial charge is 0.344 e. The lowest BCUT2D eigenvalue weighted by Gasteiger charge is -2.19. The molecule has 0 aliphatic heterocycles. The Hall–Kier alpha value is -4.53. The van der Waals surface area contributed by atoms with Gasteiger partial charge in [-0.1, -0.05) is 23.2 Å². The SMILES string of the molecule is COc1ccc2nc3cc(Cl)ccc3c(NCCNc3c4ccc(Cl)cc4nc4ccc(OCC(=O)OC(C)(C)C)cc34)c2c1. The third-order valence-corrected chi connectivity index (χ3v) is 7.63. The molecule has 6 aromatic rings. The molecule has 230 valence electrons. The molecule has 6 rings (SSSR count). The Labute approximate surface area is 270 Å². The van der Waals surface area contributed by atoms with E-state index in [1.807, 2.05) is 87.5 Å². The molecule has 45 heavy (non-hydrogen) atoms. The van der Waals surface area contributed by atoms with Crippen LogP contribution in [0.3, 0.4) is 0 Å². The predicted octanol–water partition coefficient (Wildman–Crippen LogP) is 8.65. The summed E-state index contributed by atoms with van der Waals surface area (Å²) in [5.41, 5.74) is 4.41. The average Bonchev–Trinajstić information content (AvgIpc) is 2.99. The third kappa shape index (κ3) is 6.77. The second kappa shape index (κ2) is 12.5. The summed E-state index contributed by atoms with van der Waals surface area (Å²) in [5.74, 6) is 0.846. The highest BCUT2D eigenvalue weighted by molar-refractivity contribution is 6.32. The fourth-order valence-corrected chi connectivity index (χ4v) is 5.61. The lowest BCUT2D eigenvalue weighted by molar-refractivity contribution is -0.157. The second-order valence-electron chi connectivity index (χ2n) is 11.6. The van der Waals surface area contributed by atoms with Crippen molar-refractivity contribution >= 4 is 84.2 Å². The van der Waals surface area contributed by atoms with E-state index in [1.54, 1.807) is 13.2 Å². The van der Waals surface area contributed by atoms with Gasteiger partial charge in [0.25, 0.3) is 0 Å². The molecule has 0 spiro atoms. The first kappa shape index (κ1) is 30.5. The summed E-state index contributed by atoms with van der Waals surface area (Å²) >= 11 is 12.6. The summed E-state index contributed by atoms with van der Waals surface area (Å²) in [6.07, 6.45) is 0. The molecule has 4 aromatic carbocycles. The van der Waals surface area contributed by atoms with Crippen LogP contribution in [-0.2, 0) is 9.53 Å². The van der Waals surface area contributed by atoms with Crippen molar-refractivity contribution in [3.8, 4) is 11.5 Å². The third-order valence-electron chi connectivity index (χ3n) is 7.16. The Kier molecular flexibility index (Phi) is 8.44. The number of nitrogens with zero attached hydrogens (tertiary/aromatic N) is 2. The van der Waals surface area contributed by atoms with E-state index in [-0.39, 0.29) is 6.61 Å². The molecule has 0 radical (unpaired) electrons. The first-order valence-electron chi connectivity index (χ1n) is 14.5. The van der Waals surface area contributed by atoms with E-state index in [4.69, 9.17) is 47.4 Å². The Morgan fingerprint density at radius 3 is 1.71 bits per heavy atom. The van der Waals surface area contributed by atoms with Gasteiger partial charge in [-0.05, 0) is 93.6 Å². The summed E-state index contributed by atoms with van der Waals surface area (Å²) in [4.78, 5) is 21.9. The maximum Gasteiger partial charge on any atom is 0.344 e. The number of nitrogens with one attached hydrogen (secondary N) is 2. The molecule has 0 saturated carbocycles. The molecule has 0 bridgehead atoms.